The number of carbonyl (C=O) groups excluding carboxylic acids is 1. The number of ether oxygens (including phenoxy) is 2. The fourth-order valence-corrected chi connectivity index (χ4v) is 3.57. The number of hydrogen-bond acceptors (Lipinski definition) is 5. The highest BCUT2D eigenvalue weighted by molar-refractivity contribution is 9.10. The normalized spacial score (nSPS) is 15.8. The van der Waals surface area contributed by atoms with E-state index in [2.05, 4.69) is 27.3 Å². The Labute approximate surface area is 183 Å². The number of benzene rings is 2. The number of nitriles is 2. The summed E-state index contributed by atoms with van der Waals surface area (Å²) < 4.78 is 12.0. The minimum absolute atomic E-state index is 0.0191. The molecule has 1 fully saturated rings. The predicted molar refractivity (Wildman–Crippen MR) is 115 cm³/mol. The van der Waals surface area contributed by atoms with Gasteiger partial charge in [-0.25, -0.2) is 0 Å². The molecule has 1 N–H and O–H groups in total. The van der Waals surface area contributed by atoms with Crippen LogP contribution in [0, 0.1) is 22.7 Å². The van der Waals surface area contributed by atoms with Crippen LogP contribution < -0.4 is 10.1 Å². The van der Waals surface area contributed by atoms with Gasteiger partial charge in [0.15, 0.2) is 0 Å². The van der Waals surface area contributed by atoms with Gasteiger partial charge >= 0.3 is 0 Å². The van der Waals surface area contributed by atoms with E-state index < -0.39 is 5.91 Å². The molecule has 0 bridgehead atoms. The molecule has 0 aliphatic carbocycles. The summed E-state index contributed by atoms with van der Waals surface area (Å²) in [6, 6.07) is 16.6. The van der Waals surface area contributed by atoms with Gasteiger partial charge in [-0.15, -0.1) is 0 Å². The van der Waals surface area contributed by atoms with Crippen molar-refractivity contribution in [3.63, 3.8) is 0 Å². The molecule has 0 spiro atoms. The Hall–Kier alpha value is -3.13. The van der Waals surface area contributed by atoms with E-state index in [0.717, 1.165) is 18.4 Å². The molecule has 1 aliphatic heterocycles. The Bertz CT molecular complexity index is 1030. The quantitative estimate of drug-likeness (QED) is 0.490. The number of nitrogens with zero attached hydrogens (tertiary/aromatic N) is 2. The van der Waals surface area contributed by atoms with Crippen LogP contribution in [-0.4, -0.2) is 25.2 Å². The highest BCUT2D eigenvalue weighted by atomic mass is 79.9. The fraction of sp³-hybridized carbons (Fsp3) is 0.261. The van der Waals surface area contributed by atoms with E-state index in [-0.39, 0.29) is 18.3 Å². The standard InChI is InChI=1S/C23H20BrN3O3/c24-21-11-16(10-19(13-26)23(28)27-14-20-6-3-9-29-20)7-8-22(21)30-15-18-5-2-1-4-17(18)12-25/h1-2,4-5,7-8,10-11,20H,3,6,9,14-15H2,(H,27,28)/b19-10+/t20-/m0/s1. The van der Waals surface area contributed by atoms with Crippen LogP contribution >= 0.6 is 15.9 Å². The van der Waals surface area contributed by atoms with Crippen molar-refractivity contribution in [2.75, 3.05) is 13.2 Å². The van der Waals surface area contributed by atoms with E-state index in [1.165, 1.54) is 6.08 Å². The van der Waals surface area contributed by atoms with Gasteiger partial charge in [0.05, 0.1) is 22.2 Å². The first-order chi connectivity index (χ1) is 14.6. The summed E-state index contributed by atoms with van der Waals surface area (Å²) in [5.74, 6) is 0.179. The molecule has 1 atom stereocenters. The molecular weight excluding hydrogens is 446 g/mol. The minimum Gasteiger partial charge on any atom is -0.488 e. The van der Waals surface area contributed by atoms with Gasteiger partial charge in [0.1, 0.15) is 24.0 Å². The van der Waals surface area contributed by atoms with Gasteiger partial charge in [0.2, 0.25) is 0 Å². The van der Waals surface area contributed by atoms with Crippen LogP contribution in [0.1, 0.15) is 29.5 Å². The number of amides is 1. The lowest BCUT2D eigenvalue weighted by Crippen LogP contribution is -2.32. The van der Waals surface area contributed by atoms with Crippen LogP contribution in [0.5, 0.6) is 5.75 Å². The maximum atomic E-state index is 12.3. The van der Waals surface area contributed by atoms with E-state index in [9.17, 15) is 15.3 Å². The zero-order valence-corrected chi connectivity index (χ0v) is 17.8. The molecule has 1 amide bonds. The molecule has 6 nitrogen and oxygen atoms in total. The van der Waals surface area contributed by atoms with Crippen molar-refractivity contribution in [3.05, 3.63) is 69.2 Å². The van der Waals surface area contributed by atoms with Crippen molar-refractivity contribution in [2.45, 2.75) is 25.6 Å². The van der Waals surface area contributed by atoms with Crippen molar-refractivity contribution >= 4 is 27.9 Å². The molecule has 2 aromatic carbocycles. The number of rotatable bonds is 7. The molecule has 3 rings (SSSR count). The Kier molecular flexibility index (Phi) is 7.62. The summed E-state index contributed by atoms with van der Waals surface area (Å²) >= 11 is 3.46. The van der Waals surface area contributed by atoms with E-state index in [0.29, 0.717) is 34.5 Å². The van der Waals surface area contributed by atoms with Gasteiger partial charge in [-0.3, -0.25) is 4.79 Å². The summed E-state index contributed by atoms with van der Waals surface area (Å²) in [4.78, 5) is 12.3. The van der Waals surface area contributed by atoms with Gasteiger partial charge < -0.3 is 14.8 Å². The van der Waals surface area contributed by atoms with Crippen molar-refractivity contribution in [1.82, 2.24) is 5.32 Å². The second kappa shape index (κ2) is 10.6. The molecule has 0 aromatic heterocycles. The monoisotopic (exact) mass is 465 g/mol. The molecular formula is C23H20BrN3O3. The van der Waals surface area contributed by atoms with E-state index in [1.807, 2.05) is 24.3 Å². The number of halogens is 1. The Morgan fingerprint density at radius 2 is 2.13 bits per heavy atom. The lowest BCUT2D eigenvalue weighted by molar-refractivity contribution is -0.117. The molecule has 30 heavy (non-hydrogen) atoms. The third-order valence-corrected chi connectivity index (χ3v) is 5.29. The highest BCUT2D eigenvalue weighted by Crippen LogP contribution is 2.28. The zero-order valence-electron chi connectivity index (χ0n) is 16.2. The predicted octanol–water partition coefficient (Wildman–Crippen LogP) is 4.10. The highest BCUT2D eigenvalue weighted by Gasteiger charge is 2.17. The van der Waals surface area contributed by atoms with Crippen LogP contribution in [0.25, 0.3) is 6.08 Å². The Morgan fingerprint density at radius 3 is 2.83 bits per heavy atom. The second-order valence-corrected chi connectivity index (χ2v) is 7.62. The molecule has 2 aromatic rings. The fourth-order valence-electron chi connectivity index (χ4n) is 3.06. The third-order valence-electron chi connectivity index (χ3n) is 4.67. The topological polar surface area (TPSA) is 95.1 Å². The average molecular weight is 466 g/mol. The van der Waals surface area contributed by atoms with Gasteiger partial charge in [-0.05, 0) is 58.6 Å². The molecule has 0 radical (unpaired) electrons. The lowest BCUT2D eigenvalue weighted by Gasteiger charge is -2.11. The first kappa shape index (κ1) is 21.6. The van der Waals surface area contributed by atoms with Crippen LogP contribution in [-0.2, 0) is 16.1 Å². The molecule has 1 saturated heterocycles. The summed E-state index contributed by atoms with van der Waals surface area (Å²) in [6.45, 7) is 1.37. The molecule has 0 saturated carbocycles. The zero-order chi connectivity index (χ0) is 21.3. The van der Waals surface area contributed by atoms with Gasteiger partial charge in [-0.1, -0.05) is 24.3 Å². The minimum atomic E-state index is -0.419. The van der Waals surface area contributed by atoms with Crippen molar-refractivity contribution in [1.29, 1.82) is 10.5 Å². The molecule has 1 heterocycles. The number of carbonyl (C=O) groups is 1. The van der Waals surface area contributed by atoms with Crippen LogP contribution in [0.2, 0.25) is 0 Å². The first-order valence-corrected chi connectivity index (χ1v) is 10.3. The summed E-state index contributed by atoms with van der Waals surface area (Å²) in [6.07, 6.45) is 3.46. The van der Waals surface area contributed by atoms with Crippen LogP contribution in [0.15, 0.2) is 52.5 Å². The van der Waals surface area contributed by atoms with E-state index in [1.54, 1.807) is 24.3 Å². The average Bonchev–Trinajstić information content (AvgIpc) is 3.29. The van der Waals surface area contributed by atoms with Crippen molar-refractivity contribution in [2.24, 2.45) is 0 Å². The first-order valence-electron chi connectivity index (χ1n) is 9.52. The Morgan fingerprint density at radius 1 is 1.30 bits per heavy atom. The van der Waals surface area contributed by atoms with E-state index in [4.69, 9.17) is 9.47 Å². The molecule has 1 aliphatic rings. The summed E-state index contributed by atoms with van der Waals surface area (Å²) in [5.41, 5.74) is 2.08. The van der Waals surface area contributed by atoms with Gasteiger partial charge in [-0.2, -0.15) is 10.5 Å². The van der Waals surface area contributed by atoms with Gasteiger partial charge in [0, 0.05) is 18.7 Å². The van der Waals surface area contributed by atoms with Crippen molar-refractivity contribution < 1.29 is 14.3 Å². The number of nitrogens with one attached hydrogen (secondary N) is 1. The maximum absolute atomic E-state index is 12.3. The largest absolute Gasteiger partial charge is 0.488 e. The van der Waals surface area contributed by atoms with E-state index >= 15 is 0 Å². The van der Waals surface area contributed by atoms with Crippen LogP contribution in [0.3, 0.4) is 0 Å². The third kappa shape index (κ3) is 5.70. The smallest absolute Gasteiger partial charge is 0.262 e. The van der Waals surface area contributed by atoms with Gasteiger partial charge in [0.25, 0.3) is 5.91 Å². The lowest BCUT2D eigenvalue weighted by atomic mass is 10.1. The summed E-state index contributed by atoms with van der Waals surface area (Å²) in [5, 5.41) is 21.3. The maximum Gasteiger partial charge on any atom is 0.262 e. The molecule has 152 valence electrons. The van der Waals surface area contributed by atoms with Crippen molar-refractivity contribution in [3.8, 4) is 17.9 Å². The molecule has 0 unspecified atom stereocenters. The SMILES string of the molecule is N#C/C(=C\c1ccc(OCc2ccccc2C#N)c(Br)c1)C(=O)NC[C@@H]1CCCO1. The Balaban J connectivity index is 1.65. The molecule has 7 heteroatoms. The number of hydrogen-bond donors (Lipinski definition) is 1. The summed E-state index contributed by atoms with van der Waals surface area (Å²) in [7, 11) is 0. The van der Waals surface area contributed by atoms with Crippen LogP contribution in [0.4, 0.5) is 0 Å². The second-order valence-electron chi connectivity index (χ2n) is 6.76.